The SMILES string of the molecule is Oc1cc(-c2ccccc2)cnc1CCl. The molecule has 0 aliphatic heterocycles. The Labute approximate surface area is 93.2 Å². The Kier molecular flexibility index (Phi) is 2.88. The summed E-state index contributed by atoms with van der Waals surface area (Å²) in [6.45, 7) is 0. The molecule has 1 aromatic carbocycles. The Morgan fingerprint density at radius 3 is 2.47 bits per heavy atom. The Bertz CT molecular complexity index is 456. The Morgan fingerprint density at radius 2 is 1.87 bits per heavy atom. The van der Waals surface area contributed by atoms with Gasteiger partial charge in [0.2, 0.25) is 0 Å². The topological polar surface area (TPSA) is 33.1 Å². The molecule has 0 radical (unpaired) electrons. The summed E-state index contributed by atoms with van der Waals surface area (Å²) in [5, 5.41) is 9.61. The summed E-state index contributed by atoms with van der Waals surface area (Å²) in [7, 11) is 0. The number of benzene rings is 1. The summed E-state index contributed by atoms with van der Waals surface area (Å²) >= 11 is 5.61. The first kappa shape index (κ1) is 9.99. The molecule has 3 heteroatoms. The van der Waals surface area contributed by atoms with Crippen LogP contribution in [-0.2, 0) is 5.88 Å². The van der Waals surface area contributed by atoms with Gasteiger partial charge in [-0.25, -0.2) is 0 Å². The van der Waals surface area contributed by atoms with Crippen LogP contribution in [0.2, 0.25) is 0 Å². The van der Waals surface area contributed by atoms with Crippen LogP contribution in [0.3, 0.4) is 0 Å². The summed E-state index contributed by atoms with van der Waals surface area (Å²) in [5.41, 5.74) is 2.43. The third-order valence-electron chi connectivity index (χ3n) is 2.18. The lowest BCUT2D eigenvalue weighted by Crippen LogP contribution is -1.87. The van der Waals surface area contributed by atoms with E-state index in [1.165, 1.54) is 0 Å². The van der Waals surface area contributed by atoms with E-state index in [0.29, 0.717) is 5.69 Å². The maximum Gasteiger partial charge on any atom is 0.138 e. The van der Waals surface area contributed by atoms with E-state index >= 15 is 0 Å². The van der Waals surface area contributed by atoms with Gasteiger partial charge in [-0.05, 0) is 11.6 Å². The van der Waals surface area contributed by atoms with Crippen molar-refractivity contribution in [3.63, 3.8) is 0 Å². The van der Waals surface area contributed by atoms with Gasteiger partial charge >= 0.3 is 0 Å². The lowest BCUT2D eigenvalue weighted by Gasteiger charge is -2.04. The van der Waals surface area contributed by atoms with Gasteiger partial charge < -0.3 is 5.11 Å². The van der Waals surface area contributed by atoms with Crippen LogP contribution in [-0.4, -0.2) is 10.1 Å². The predicted molar refractivity (Wildman–Crippen MR) is 60.9 cm³/mol. The van der Waals surface area contributed by atoms with Gasteiger partial charge in [-0.3, -0.25) is 4.98 Å². The Balaban J connectivity index is 2.43. The minimum atomic E-state index is 0.145. The van der Waals surface area contributed by atoms with Gasteiger partial charge in [-0.2, -0.15) is 0 Å². The number of pyridine rings is 1. The van der Waals surface area contributed by atoms with Crippen molar-refractivity contribution >= 4 is 11.6 Å². The van der Waals surface area contributed by atoms with Crippen LogP contribution in [0, 0.1) is 0 Å². The molecule has 0 aliphatic rings. The van der Waals surface area contributed by atoms with Gasteiger partial charge in [0.15, 0.2) is 0 Å². The average Bonchev–Trinajstić information content (AvgIpc) is 2.30. The summed E-state index contributed by atoms with van der Waals surface area (Å²) in [5.74, 6) is 0.368. The molecule has 1 heterocycles. The molecule has 0 saturated carbocycles. The number of nitrogens with zero attached hydrogens (tertiary/aromatic N) is 1. The van der Waals surface area contributed by atoms with Crippen LogP contribution >= 0.6 is 11.6 Å². The van der Waals surface area contributed by atoms with Crippen molar-refractivity contribution in [1.29, 1.82) is 0 Å². The van der Waals surface area contributed by atoms with Crippen LogP contribution in [0.1, 0.15) is 5.69 Å². The Morgan fingerprint density at radius 1 is 1.13 bits per heavy atom. The first-order chi connectivity index (χ1) is 7.31. The van der Waals surface area contributed by atoms with Gasteiger partial charge in [-0.1, -0.05) is 30.3 Å². The van der Waals surface area contributed by atoms with E-state index in [2.05, 4.69) is 4.98 Å². The number of halogens is 1. The number of hydrogen-bond acceptors (Lipinski definition) is 2. The second-order valence-corrected chi connectivity index (χ2v) is 3.46. The summed E-state index contributed by atoms with van der Waals surface area (Å²) < 4.78 is 0. The van der Waals surface area contributed by atoms with E-state index < -0.39 is 0 Å². The smallest absolute Gasteiger partial charge is 0.138 e. The predicted octanol–water partition coefficient (Wildman–Crippen LogP) is 3.19. The Hall–Kier alpha value is -1.54. The molecule has 0 aliphatic carbocycles. The number of rotatable bonds is 2. The van der Waals surface area contributed by atoms with E-state index in [4.69, 9.17) is 11.6 Å². The molecule has 15 heavy (non-hydrogen) atoms. The van der Waals surface area contributed by atoms with Crippen LogP contribution < -0.4 is 0 Å². The lowest BCUT2D eigenvalue weighted by molar-refractivity contribution is 0.467. The lowest BCUT2D eigenvalue weighted by atomic mass is 10.1. The number of alkyl halides is 1. The van der Waals surface area contributed by atoms with E-state index in [0.717, 1.165) is 11.1 Å². The maximum absolute atomic E-state index is 9.61. The van der Waals surface area contributed by atoms with Crippen molar-refractivity contribution < 1.29 is 5.11 Å². The first-order valence-electron chi connectivity index (χ1n) is 4.60. The fourth-order valence-electron chi connectivity index (χ4n) is 1.37. The van der Waals surface area contributed by atoms with Crippen molar-refractivity contribution in [2.75, 3.05) is 0 Å². The molecule has 0 unspecified atom stereocenters. The molecule has 2 aromatic rings. The van der Waals surface area contributed by atoms with E-state index in [9.17, 15) is 5.11 Å². The van der Waals surface area contributed by atoms with Gasteiger partial charge in [0.05, 0.1) is 11.6 Å². The monoisotopic (exact) mass is 219 g/mol. The number of aromatic nitrogens is 1. The second kappa shape index (κ2) is 4.32. The van der Waals surface area contributed by atoms with Gasteiger partial charge in [0, 0.05) is 11.8 Å². The van der Waals surface area contributed by atoms with Crippen LogP contribution in [0.25, 0.3) is 11.1 Å². The third kappa shape index (κ3) is 2.10. The van der Waals surface area contributed by atoms with E-state index in [1.54, 1.807) is 12.3 Å². The maximum atomic E-state index is 9.61. The highest BCUT2D eigenvalue weighted by atomic mass is 35.5. The van der Waals surface area contributed by atoms with Crippen LogP contribution in [0.15, 0.2) is 42.6 Å². The number of hydrogen-bond donors (Lipinski definition) is 1. The van der Waals surface area contributed by atoms with E-state index in [1.807, 2.05) is 30.3 Å². The van der Waals surface area contributed by atoms with Crippen LogP contribution in [0.4, 0.5) is 0 Å². The molecular formula is C12H10ClNO. The molecule has 76 valence electrons. The molecule has 1 N–H and O–H groups in total. The van der Waals surface area contributed by atoms with E-state index in [-0.39, 0.29) is 11.6 Å². The standard InChI is InChI=1S/C12H10ClNO/c13-7-11-12(15)6-10(8-14-11)9-4-2-1-3-5-9/h1-6,8,15H,7H2. The molecule has 0 saturated heterocycles. The van der Waals surface area contributed by atoms with Crippen molar-refractivity contribution in [3.05, 3.63) is 48.3 Å². The minimum absolute atomic E-state index is 0.145. The highest BCUT2D eigenvalue weighted by Crippen LogP contribution is 2.24. The van der Waals surface area contributed by atoms with Crippen molar-refractivity contribution in [2.45, 2.75) is 5.88 Å². The number of aromatic hydroxyl groups is 1. The highest BCUT2D eigenvalue weighted by molar-refractivity contribution is 6.17. The van der Waals surface area contributed by atoms with Crippen LogP contribution in [0.5, 0.6) is 5.75 Å². The quantitative estimate of drug-likeness (QED) is 0.787. The highest BCUT2D eigenvalue weighted by Gasteiger charge is 2.04. The fraction of sp³-hybridized carbons (Fsp3) is 0.0833. The molecule has 2 rings (SSSR count). The zero-order valence-corrected chi connectivity index (χ0v) is 8.78. The second-order valence-electron chi connectivity index (χ2n) is 3.19. The average molecular weight is 220 g/mol. The zero-order valence-electron chi connectivity index (χ0n) is 8.02. The molecule has 0 atom stereocenters. The van der Waals surface area contributed by atoms with Crippen molar-refractivity contribution in [3.8, 4) is 16.9 Å². The van der Waals surface area contributed by atoms with Gasteiger partial charge in [0.25, 0.3) is 0 Å². The third-order valence-corrected chi connectivity index (χ3v) is 2.43. The minimum Gasteiger partial charge on any atom is -0.506 e. The molecule has 2 nitrogen and oxygen atoms in total. The van der Waals surface area contributed by atoms with Gasteiger partial charge in [-0.15, -0.1) is 11.6 Å². The normalized spacial score (nSPS) is 10.2. The largest absolute Gasteiger partial charge is 0.506 e. The molecule has 0 amide bonds. The van der Waals surface area contributed by atoms with Gasteiger partial charge in [0.1, 0.15) is 5.75 Å². The summed E-state index contributed by atoms with van der Waals surface area (Å²) in [4.78, 5) is 4.09. The summed E-state index contributed by atoms with van der Waals surface area (Å²) in [6.07, 6.45) is 1.72. The molecule has 0 fully saturated rings. The molecule has 0 spiro atoms. The zero-order chi connectivity index (χ0) is 10.7. The molecule has 0 bridgehead atoms. The molecule has 1 aromatic heterocycles. The molecular weight excluding hydrogens is 210 g/mol. The first-order valence-corrected chi connectivity index (χ1v) is 5.14. The van der Waals surface area contributed by atoms with Crippen molar-refractivity contribution in [2.24, 2.45) is 0 Å². The fourth-order valence-corrected chi connectivity index (χ4v) is 1.58. The van der Waals surface area contributed by atoms with Crippen molar-refractivity contribution in [1.82, 2.24) is 4.98 Å². The summed E-state index contributed by atoms with van der Waals surface area (Å²) in [6, 6.07) is 11.5.